The van der Waals surface area contributed by atoms with Crippen LogP contribution in [0.2, 0.25) is 0 Å². The first-order chi connectivity index (χ1) is 26.3. The molecule has 7 heterocycles. The van der Waals surface area contributed by atoms with E-state index < -0.39 is 11.9 Å². The molecule has 3 aromatic heterocycles. The van der Waals surface area contributed by atoms with E-state index in [4.69, 9.17) is 10.1 Å². The van der Waals surface area contributed by atoms with E-state index in [0.717, 1.165) is 97.2 Å². The van der Waals surface area contributed by atoms with Crippen molar-refractivity contribution in [2.24, 2.45) is 0 Å². The van der Waals surface area contributed by atoms with Crippen LogP contribution >= 0.6 is 0 Å². The minimum atomic E-state index is -0.611. The summed E-state index contributed by atoms with van der Waals surface area (Å²) in [6, 6.07) is 22.8. The number of carbonyl (C=O) groups excluding carboxylic acids is 3. The van der Waals surface area contributed by atoms with Gasteiger partial charge in [0.05, 0.1) is 17.9 Å². The predicted molar refractivity (Wildman–Crippen MR) is 201 cm³/mol. The van der Waals surface area contributed by atoms with Gasteiger partial charge in [0.1, 0.15) is 29.2 Å². The number of piperidine rings is 2. The molecule has 0 aliphatic carbocycles. The molecule has 1 unspecified atom stereocenters. The van der Waals surface area contributed by atoms with Gasteiger partial charge in [-0.1, -0.05) is 30.3 Å². The van der Waals surface area contributed by atoms with Crippen molar-refractivity contribution in [3.05, 3.63) is 107 Å². The Morgan fingerprint density at radius 2 is 1.72 bits per heavy atom. The van der Waals surface area contributed by atoms with Crippen LogP contribution in [0.5, 0.6) is 0 Å². The lowest BCUT2D eigenvalue weighted by molar-refractivity contribution is -0.136. The van der Waals surface area contributed by atoms with Crippen molar-refractivity contribution in [1.29, 1.82) is 0 Å². The normalized spacial score (nSPS) is 20.7. The molecule has 0 bridgehead atoms. The third kappa shape index (κ3) is 6.36. The number of aromatic nitrogens is 4. The van der Waals surface area contributed by atoms with E-state index >= 15 is 0 Å². The summed E-state index contributed by atoms with van der Waals surface area (Å²) in [4.78, 5) is 55.6. The zero-order chi connectivity index (χ0) is 36.9. The van der Waals surface area contributed by atoms with E-state index in [1.165, 1.54) is 6.07 Å². The Hall–Kier alpha value is -5.69. The number of imide groups is 1. The monoisotopic (exact) mass is 727 g/mol. The summed E-state index contributed by atoms with van der Waals surface area (Å²) in [7, 11) is 2.15. The number of carbonyl (C=O) groups is 3. The predicted octanol–water partition coefficient (Wildman–Crippen LogP) is 5.13. The average Bonchev–Trinajstić information content (AvgIpc) is 3.92. The number of imidazole rings is 1. The largest absolute Gasteiger partial charge is 0.356 e. The van der Waals surface area contributed by atoms with Gasteiger partial charge in [0.2, 0.25) is 11.8 Å². The number of anilines is 2. The van der Waals surface area contributed by atoms with Crippen molar-refractivity contribution in [2.75, 3.05) is 36.5 Å². The quantitative estimate of drug-likeness (QED) is 0.217. The molecular formula is C41H42FN9O3. The van der Waals surface area contributed by atoms with Gasteiger partial charge in [0, 0.05) is 50.7 Å². The number of halogens is 1. The summed E-state index contributed by atoms with van der Waals surface area (Å²) >= 11 is 0. The molecule has 12 nitrogen and oxygen atoms in total. The van der Waals surface area contributed by atoms with E-state index in [1.54, 1.807) is 17.0 Å². The fourth-order valence-corrected chi connectivity index (χ4v) is 8.71. The second kappa shape index (κ2) is 13.9. The van der Waals surface area contributed by atoms with Crippen LogP contribution in [-0.2, 0) is 22.7 Å². The van der Waals surface area contributed by atoms with Crippen molar-refractivity contribution in [3.8, 4) is 11.4 Å². The topological polar surface area (TPSA) is 119 Å². The fourth-order valence-electron chi connectivity index (χ4n) is 8.71. The molecule has 3 fully saturated rings. The minimum Gasteiger partial charge on any atom is -0.356 e. The molecule has 4 aliphatic heterocycles. The number of fused-ring (bicyclic) bond motifs is 2. The molecule has 2 atom stereocenters. The highest BCUT2D eigenvalue weighted by Gasteiger charge is 2.39. The van der Waals surface area contributed by atoms with Crippen LogP contribution in [0.25, 0.3) is 17.0 Å². The average molecular weight is 728 g/mol. The number of benzene rings is 2. The fraction of sp³-hybridized carbons (Fsp3) is 0.366. The Morgan fingerprint density at radius 3 is 2.56 bits per heavy atom. The van der Waals surface area contributed by atoms with Gasteiger partial charge in [-0.2, -0.15) is 0 Å². The Bertz CT molecular complexity index is 2270. The summed E-state index contributed by atoms with van der Waals surface area (Å²) in [5, 5.41) is 7.40. The molecular weight excluding hydrogens is 686 g/mol. The first kappa shape index (κ1) is 34.1. The molecule has 3 amide bonds. The molecule has 2 aromatic carbocycles. The van der Waals surface area contributed by atoms with Gasteiger partial charge in [0.15, 0.2) is 5.65 Å². The van der Waals surface area contributed by atoms with Crippen LogP contribution in [0, 0.1) is 5.82 Å². The number of amides is 3. The zero-order valence-corrected chi connectivity index (χ0v) is 30.2. The second-order valence-electron chi connectivity index (χ2n) is 14.9. The van der Waals surface area contributed by atoms with Gasteiger partial charge in [-0.15, -0.1) is 5.10 Å². The van der Waals surface area contributed by atoms with E-state index in [9.17, 15) is 18.8 Å². The van der Waals surface area contributed by atoms with E-state index in [0.29, 0.717) is 24.6 Å². The highest BCUT2D eigenvalue weighted by atomic mass is 19.1. The SMILES string of the molecule is CN(Cc1ccc2c(c1)CN(C1CCC(=O)NC1=O)C2=O)C1CCN(c2cccc(-c3cnc4ccc(N5CCC[C@@H]5c5cccc(F)c5)nn34)n2)CC1. The Labute approximate surface area is 312 Å². The standard InChI is InChI=1S/C41H42FN9O3/c1-47(24-26-10-11-31-28(21-26)25-50(41(31)54)34-12-15-39(52)45-40(34)53)30-16-19-48(20-17-30)37-9-3-7-32(44-37)35-23-43-36-13-14-38(46-51(35)36)49-18-4-8-33(49)27-5-2-6-29(42)22-27/h2-3,5-7,9-11,13-14,21-23,30,33-34H,4,8,12,15-20,24-25H2,1H3,(H,45,52,53)/t33-,34?/m1/s1. The molecule has 0 saturated carbocycles. The molecule has 1 N–H and O–H groups in total. The summed E-state index contributed by atoms with van der Waals surface area (Å²) < 4.78 is 16.0. The van der Waals surface area contributed by atoms with Crippen LogP contribution in [0.15, 0.2) is 79.0 Å². The highest BCUT2D eigenvalue weighted by molar-refractivity contribution is 6.05. The van der Waals surface area contributed by atoms with Gasteiger partial charge in [0.25, 0.3) is 5.91 Å². The van der Waals surface area contributed by atoms with Crippen LogP contribution in [-0.4, -0.2) is 85.9 Å². The summed E-state index contributed by atoms with van der Waals surface area (Å²) in [6.07, 6.45) is 6.35. The van der Waals surface area contributed by atoms with Gasteiger partial charge in [-0.25, -0.2) is 18.9 Å². The van der Waals surface area contributed by atoms with Crippen LogP contribution < -0.4 is 15.1 Å². The molecule has 5 aromatic rings. The first-order valence-corrected chi connectivity index (χ1v) is 18.8. The molecule has 276 valence electrons. The number of nitrogens with zero attached hydrogens (tertiary/aromatic N) is 8. The lowest BCUT2D eigenvalue weighted by Crippen LogP contribution is -2.52. The van der Waals surface area contributed by atoms with Crippen LogP contribution in [0.1, 0.15) is 71.6 Å². The molecule has 4 aliphatic rings. The molecule has 3 saturated heterocycles. The van der Waals surface area contributed by atoms with Gasteiger partial charge < -0.3 is 14.7 Å². The summed E-state index contributed by atoms with van der Waals surface area (Å²) in [5.41, 5.74) is 6.02. The molecule has 54 heavy (non-hydrogen) atoms. The molecule has 0 spiro atoms. The maximum atomic E-state index is 14.1. The minimum absolute atomic E-state index is 0.0675. The zero-order valence-electron chi connectivity index (χ0n) is 30.2. The van der Waals surface area contributed by atoms with Crippen molar-refractivity contribution >= 4 is 35.0 Å². The van der Waals surface area contributed by atoms with Crippen molar-refractivity contribution in [3.63, 3.8) is 0 Å². The smallest absolute Gasteiger partial charge is 0.255 e. The van der Waals surface area contributed by atoms with Crippen LogP contribution in [0.4, 0.5) is 16.0 Å². The Morgan fingerprint density at radius 1 is 0.870 bits per heavy atom. The second-order valence-corrected chi connectivity index (χ2v) is 14.9. The lowest BCUT2D eigenvalue weighted by atomic mass is 10.0. The number of hydrogen-bond acceptors (Lipinski definition) is 9. The van der Waals surface area contributed by atoms with Crippen molar-refractivity contribution in [1.82, 2.24) is 34.7 Å². The summed E-state index contributed by atoms with van der Waals surface area (Å²) in [5.74, 6) is 0.710. The third-order valence-corrected chi connectivity index (χ3v) is 11.6. The maximum absolute atomic E-state index is 14.1. The number of nitrogens with one attached hydrogen (secondary N) is 1. The third-order valence-electron chi connectivity index (χ3n) is 11.6. The molecule has 9 rings (SSSR count). The van der Waals surface area contributed by atoms with Gasteiger partial charge in [-0.05, 0) is 98.3 Å². The Kier molecular flexibility index (Phi) is 8.80. The number of hydrogen-bond donors (Lipinski definition) is 1. The van der Waals surface area contributed by atoms with E-state index in [-0.39, 0.29) is 30.1 Å². The molecule has 13 heteroatoms. The van der Waals surface area contributed by atoms with E-state index in [2.05, 4.69) is 44.2 Å². The van der Waals surface area contributed by atoms with Gasteiger partial charge in [-0.3, -0.25) is 24.6 Å². The number of rotatable bonds is 8. The maximum Gasteiger partial charge on any atom is 0.255 e. The highest BCUT2D eigenvalue weighted by Crippen LogP contribution is 2.36. The van der Waals surface area contributed by atoms with E-state index in [1.807, 2.05) is 53.2 Å². The lowest BCUT2D eigenvalue weighted by Gasteiger charge is -2.37. The van der Waals surface area contributed by atoms with Gasteiger partial charge >= 0.3 is 0 Å². The Balaban J connectivity index is 0.848. The number of pyridine rings is 1. The first-order valence-electron chi connectivity index (χ1n) is 18.8. The molecule has 0 radical (unpaired) electrons. The van der Waals surface area contributed by atoms with Crippen molar-refractivity contribution in [2.45, 2.75) is 69.7 Å². The summed E-state index contributed by atoms with van der Waals surface area (Å²) in [6.45, 7) is 3.72. The van der Waals surface area contributed by atoms with Crippen molar-refractivity contribution < 1.29 is 18.8 Å². The van der Waals surface area contributed by atoms with Crippen LogP contribution in [0.3, 0.4) is 0 Å².